The van der Waals surface area contributed by atoms with Crippen LogP contribution in [-0.2, 0) is 14.3 Å². The Labute approximate surface area is 151 Å². The van der Waals surface area contributed by atoms with Crippen LogP contribution in [0.2, 0.25) is 0 Å². The van der Waals surface area contributed by atoms with Gasteiger partial charge in [-0.05, 0) is 24.6 Å². The van der Waals surface area contributed by atoms with Gasteiger partial charge in [0.15, 0.2) is 12.2 Å². The third-order valence-electron chi connectivity index (χ3n) is 5.16. The molecule has 1 atom stereocenters. The molecule has 3 aliphatic heterocycles. The van der Waals surface area contributed by atoms with E-state index in [2.05, 4.69) is 0 Å². The molecule has 8 nitrogen and oxygen atoms in total. The van der Waals surface area contributed by atoms with Gasteiger partial charge < -0.3 is 19.3 Å². The van der Waals surface area contributed by atoms with Gasteiger partial charge in [0, 0.05) is 20.0 Å². The zero-order valence-electron chi connectivity index (χ0n) is 14.9. The molecule has 2 saturated heterocycles. The summed E-state index contributed by atoms with van der Waals surface area (Å²) in [6.45, 7) is 3.16. The van der Waals surface area contributed by atoms with Gasteiger partial charge in [0.05, 0.1) is 18.8 Å². The van der Waals surface area contributed by atoms with Crippen molar-refractivity contribution >= 4 is 23.6 Å². The number of carbonyl (C=O) groups excluding carboxylic acids is 3. The number of amides is 3. The zero-order valence-corrected chi connectivity index (χ0v) is 14.9. The van der Waals surface area contributed by atoms with E-state index in [4.69, 9.17) is 9.47 Å². The quantitative estimate of drug-likeness (QED) is 0.779. The largest absolute Gasteiger partial charge is 0.482 e. The van der Waals surface area contributed by atoms with Crippen LogP contribution in [0.3, 0.4) is 0 Å². The van der Waals surface area contributed by atoms with Crippen LogP contribution in [0.15, 0.2) is 18.2 Å². The number of benzene rings is 1. The third-order valence-corrected chi connectivity index (χ3v) is 5.16. The second kappa shape index (κ2) is 5.89. The van der Waals surface area contributed by atoms with Crippen molar-refractivity contribution in [1.82, 2.24) is 9.80 Å². The monoisotopic (exact) mass is 359 g/mol. The fraction of sp³-hybridized carbons (Fsp3) is 0.500. The van der Waals surface area contributed by atoms with Gasteiger partial charge in [0.25, 0.3) is 5.91 Å². The van der Waals surface area contributed by atoms with Crippen LogP contribution in [0, 0.1) is 6.92 Å². The number of nitrogens with zero attached hydrogens (tertiary/aromatic N) is 3. The topological polar surface area (TPSA) is 79.4 Å². The fourth-order valence-corrected chi connectivity index (χ4v) is 3.78. The average molecular weight is 359 g/mol. The molecule has 3 aliphatic rings. The predicted molar refractivity (Wildman–Crippen MR) is 92.1 cm³/mol. The van der Waals surface area contributed by atoms with E-state index in [-0.39, 0.29) is 31.1 Å². The molecule has 138 valence electrons. The number of anilines is 1. The molecule has 0 aromatic heterocycles. The first-order valence-electron chi connectivity index (χ1n) is 8.63. The van der Waals surface area contributed by atoms with Crippen molar-refractivity contribution in [2.75, 3.05) is 44.7 Å². The van der Waals surface area contributed by atoms with Crippen LogP contribution in [0.1, 0.15) is 12.0 Å². The lowest BCUT2D eigenvalue weighted by Gasteiger charge is -2.30. The Balaban J connectivity index is 1.48. The standard InChI is InChI=1S/C18H21N3O5/c1-12-3-4-14-13(7-12)21(16(23)9-25-14)8-15(22)20-6-5-18(11-20)10-19(2)17(24)26-18/h3-4,7H,5-6,8-11H2,1-2H3. The molecule has 8 heteroatoms. The minimum atomic E-state index is -0.620. The summed E-state index contributed by atoms with van der Waals surface area (Å²) in [6, 6.07) is 5.57. The smallest absolute Gasteiger partial charge is 0.410 e. The number of likely N-dealkylation sites (N-methyl/N-ethyl adjacent to an activating group) is 1. The lowest BCUT2D eigenvalue weighted by Crippen LogP contribution is -2.47. The molecule has 0 saturated carbocycles. The predicted octanol–water partition coefficient (Wildman–Crippen LogP) is 0.774. The summed E-state index contributed by atoms with van der Waals surface area (Å²) < 4.78 is 10.9. The number of rotatable bonds is 2. The first kappa shape index (κ1) is 16.7. The molecule has 0 aliphatic carbocycles. The van der Waals surface area contributed by atoms with Gasteiger partial charge in [-0.2, -0.15) is 0 Å². The molecule has 3 amide bonds. The Kier molecular flexibility index (Phi) is 3.78. The number of hydrogen-bond donors (Lipinski definition) is 0. The first-order valence-corrected chi connectivity index (χ1v) is 8.63. The number of fused-ring (bicyclic) bond motifs is 1. The minimum absolute atomic E-state index is 0.0431. The highest BCUT2D eigenvalue weighted by Gasteiger charge is 2.49. The molecule has 1 spiro atoms. The third kappa shape index (κ3) is 2.75. The highest BCUT2D eigenvalue weighted by molar-refractivity contribution is 6.02. The van der Waals surface area contributed by atoms with Crippen LogP contribution in [-0.4, -0.2) is 73.1 Å². The van der Waals surface area contributed by atoms with Crippen molar-refractivity contribution in [1.29, 1.82) is 0 Å². The van der Waals surface area contributed by atoms with Gasteiger partial charge in [0.1, 0.15) is 12.3 Å². The molecule has 1 aromatic carbocycles. The number of ether oxygens (including phenoxy) is 2. The van der Waals surface area contributed by atoms with E-state index in [1.807, 2.05) is 25.1 Å². The van der Waals surface area contributed by atoms with Crippen LogP contribution in [0.5, 0.6) is 5.75 Å². The lowest BCUT2D eigenvalue weighted by molar-refractivity contribution is -0.131. The lowest BCUT2D eigenvalue weighted by atomic mass is 10.0. The van der Waals surface area contributed by atoms with Gasteiger partial charge >= 0.3 is 6.09 Å². The summed E-state index contributed by atoms with van der Waals surface area (Å²) in [5.41, 5.74) is 0.987. The number of hydrogen-bond acceptors (Lipinski definition) is 5. The second-order valence-corrected chi connectivity index (χ2v) is 7.21. The fourth-order valence-electron chi connectivity index (χ4n) is 3.78. The van der Waals surface area contributed by atoms with Crippen molar-refractivity contribution in [3.63, 3.8) is 0 Å². The second-order valence-electron chi connectivity index (χ2n) is 7.21. The van der Waals surface area contributed by atoms with E-state index in [9.17, 15) is 14.4 Å². The molecule has 0 N–H and O–H groups in total. The van der Waals surface area contributed by atoms with Gasteiger partial charge in [-0.3, -0.25) is 14.5 Å². The van der Waals surface area contributed by atoms with Gasteiger partial charge in [-0.25, -0.2) is 4.79 Å². The van der Waals surface area contributed by atoms with Crippen molar-refractivity contribution < 1.29 is 23.9 Å². The summed E-state index contributed by atoms with van der Waals surface area (Å²) in [5, 5.41) is 0. The van der Waals surface area contributed by atoms with Gasteiger partial charge in [-0.15, -0.1) is 0 Å². The minimum Gasteiger partial charge on any atom is -0.482 e. The summed E-state index contributed by atoms with van der Waals surface area (Å²) in [5.74, 6) is 0.208. The molecule has 26 heavy (non-hydrogen) atoms. The molecule has 0 bridgehead atoms. The number of carbonyl (C=O) groups is 3. The van der Waals surface area contributed by atoms with E-state index in [1.165, 1.54) is 9.80 Å². The highest BCUT2D eigenvalue weighted by Crippen LogP contribution is 2.34. The maximum Gasteiger partial charge on any atom is 0.410 e. The van der Waals surface area contributed by atoms with Crippen molar-refractivity contribution in [3.05, 3.63) is 23.8 Å². The first-order chi connectivity index (χ1) is 12.4. The summed E-state index contributed by atoms with van der Waals surface area (Å²) in [7, 11) is 1.69. The molecule has 4 rings (SSSR count). The zero-order chi connectivity index (χ0) is 18.5. The average Bonchev–Trinajstić information content (AvgIpc) is 3.13. The Bertz CT molecular complexity index is 795. The van der Waals surface area contributed by atoms with Crippen LogP contribution < -0.4 is 9.64 Å². The van der Waals surface area contributed by atoms with E-state index < -0.39 is 5.60 Å². The number of aryl methyl sites for hydroxylation is 1. The highest BCUT2D eigenvalue weighted by atomic mass is 16.6. The SMILES string of the molecule is Cc1ccc2c(c1)N(CC(=O)N1CCC3(CN(C)C(=O)O3)C1)C(=O)CO2. The van der Waals surface area contributed by atoms with Crippen molar-refractivity contribution in [3.8, 4) is 5.75 Å². The van der Waals surface area contributed by atoms with E-state index in [0.29, 0.717) is 37.5 Å². The van der Waals surface area contributed by atoms with Gasteiger partial charge in [0.2, 0.25) is 5.91 Å². The van der Waals surface area contributed by atoms with Gasteiger partial charge in [-0.1, -0.05) is 6.07 Å². The molecular weight excluding hydrogens is 338 g/mol. The Hall–Kier alpha value is -2.77. The molecule has 0 radical (unpaired) electrons. The molecule has 3 heterocycles. The molecular formula is C18H21N3O5. The maximum absolute atomic E-state index is 12.8. The summed E-state index contributed by atoms with van der Waals surface area (Å²) in [6.07, 6.45) is 0.258. The Morgan fingerprint density at radius 3 is 2.81 bits per heavy atom. The van der Waals surface area contributed by atoms with E-state index in [1.54, 1.807) is 11.9 Å². The molecule has 1 unspecified atom stereocenters. The van der Waals surface area contributed by atoms with E-state index in [0.717, 1.165) is 5.56 Å². The van der Waals surface area contributed by atoms with Crippen LogP contribution >= 0.6 is 0 Å². The molecule has 2 fully saturated rings. The Morgan fingerprint density at radius 2 is 2.08 bits per heavy atom. The van der Waals surface area contributed by atoms with Crippen LogP contribution in [0.4, 0.5) is 10.5 Å². The summed E-state index contributed by atoms with van der Waals surface area (Å²) in [4.78, 5) is 41.5. The maximum atomic E-state index is 12.8. The van der Waals surface area contributed by atoms with Crippen molar-refractivity contribution in [2.45, 2.75) is 18.9 Å². The van der Waals surface area contributed by atoms with Crippen molar-refractivity contribution in [2.24, 2.45) is 0 Å². The summed E-state index contributed by atoms with van der Waals surface area (Å²) >= 11 is 0. The number of likely N-dealkylation sites (tertiary alicyclic amines) is 1. The van der Waals surface area contributed by atoms with Crippen LogP contribution in [0.25, 0.3) is 0 Å². The molecule has 1 aromatic rings. The normalized spacial score (nSPS) is 24.8. The van der Waals surface area contributed by atoms with E-state index >= 15 is 0 Å². The Morgan fingerprint density at radius 1 is 1.27 bits per heavy atom.